The van der Waals surface area contributed by atoms with Gasteiger partial charge in [-0.05, 0) is 56.4 Å². The molecule has 0 saturated heterocycles. The molecule has 4 heterocycles. The van der Waals surface area contributed by atoms with E-state index in [9.17, 15) is 31.5 Å². The number of amides is 2. The molecule has 15 heteroatoms. The third kappa shape index (κ3) is 6.02. The maximum Gasteiger partial charge on any atom is 0.417 e. The van der Waals surface area contributed by atoms with Crippen LogP contribution >= 0.6 is 0 Å². The van der Waals surface area contributed by atoms with Gasteiger partial charge in [-0.2, -0.15) is 18.3 Å². The van der Waals surface area contributed by atoms with Gasteiger partial charge >= 0.3 is 6.18 Å². The Morgan fingerprint density at radius 2 is 1.85 bits per heavy atom. The van der Waals surface area contributed by atoms with E-state index in [4.69, 9.17) is 15.2 Å². The van der Waals surface area contributed by atoms with Gasteiger partial charge in [-0.25, -0.2) is 17.8 Å². The van der Waals surface area contributed by atoms with Crippen molar-refractivity contribution in [1.82, 2.24) is 24.5 Å². The highest BCUT2D eigenvalue weighted by atomic mass is 19.4. The lowest BCUT2D eigenvalue weighted by molar-refractivity contribution is -0.137. The quantitative estimate of drug-likeness (QED) is 0.272. The number of nitrogens with two attached hydrogens (primary N) is 1. The Bertz CT molecular complexity index is 1590. The fourth-order valence-corrected chi connectivity index (χ4v) is 4.88. The van der Waals surface area contributed by atoms with Crippen LogP contribution < -0.4 is 20.5 Å². The maximum absolute atomic E-state index is 13.1. The predicted octanol–water partition coefficient (Wildman–Crippen LogP) is 4.11. The van der Waals surface area contributed by atoms with Gasteiger partial charge in [0.05, 0.1) is 34.6 Å². The van der Waals surface area contributed by atoms with Crippen LogP contribution in [0.1, 0.15) is 52.5 Å². The number of rotatable bonds is 10. The molecule has 0 bridgehead atoms. The molecule has 0 aromatic carbocycles. The Hall–Kier alpha value is -4.43. The first kappa shape index (κ1) is 28.1. The standard InChI is InChI=1S/C26H25F5N6O4/c1-13(34-24(39)18-9-33-36-11-16(3-5-19(18)36)40-12-21(27)28)6-14-7-17(8-14)41-25-22(23(32)38)20-4-2-15(26(29,30)31)10-37(20)35-25/h2-5,9-11,13-14,17,21H,6-8,12H2,1H3,(H2,32,38)(H,34,39)/t13-,14?,17?/m0/s1. The molecular formula is C26H25F5N6O4. The molecule has 1 aliphatic rings. The molecular weight excluding hydrogens is 555 g/mol. The summed E-state index contributed by atoms with van der Waals surface area (Å²) in [6.07, 6.45) is -2.17. The average Bonchev–Trinajstić information content (AvgIpc) is 3.46. The summed E-state index contributed by atoms with van der Waals surface area (Å²) < 4.78 is 77.1. The minimum absolute atomic E-state index is 0.0936. The van der Waals surface area contributed by atoms with Crippen molar-refractivity contribution in [1.29, 1.82) is 0 Å². The van der Waals surface area contributed by atoms with Crippen molar-refractivity contribution in [2.45, 2.75) is 50.9 Å². The zero-order chi connectivity index (χ0) is 29.5. The molecule has 1 atom stereocenters. The first-order chi connectivity index (χ1) is 19.4. The number of nitrogens with zero attached hydrogens (tertiary/aromatic N) is 4. The number of hydrogen-bond donors (Lipinski definition) is 2. The van der Waals surface area contributed by atoms with Crippen LogP contribution in [0.2, 0.25) is 0 Å². The van der Waals surface area contributed by atoms with Crippen molar-refractivity contribution in [3.05, 3.63) is 59.5 Å². The van der Waals surface area contributed by atoms with Crippen LogP contribution in [-0.2, 0) is 6.18 Å². The molecule has 0 radical (unpaired) electrons. The van der Waals surface area contributed by atoms with Gasteiger partial charge in [0.1, 0.15) is 24.0 Å². The lowest BCUT2D eigenvalue weighted by Crippen LogP contribution is -2.40. The fourth-order valence-electron chi connectivity index (χ4n) is 4.88. The molecule has 1 aliphatic carbocycles. The number of alkyl halides is 5. The number of nitrogens with one attached hydrogen (secondary N) is 1. The largest absolute Gasteiger partial charge is 0.486 e. The second-order valence-electron chi connectivity index (χ2n) is 9.93. The molecule has 2 amide bonds. The fraction of sp³-hybridized carbons (Fsp3) is 0.385. The molecule has 10 nitrogen and oxygen atoms in total. The second-order valence-corrected chi connectivity index (χ2v) is 9.93. The van der Waals surface area contributed by atoms with Gasteiger partial charge in [-0.15, -0.1) is 5.10 Å². The summed E-state index contributed by atoms with van der Waals surface area (Å²) >= 11 is 0. The van der Waals surface area contributed by atoms with E-state index >= 15 is 0 Å². The molecule has 4 aromatic rings. The Morgan fingerprint density at radius 3 is 2.54 bits per heavy atom. The highest BCUT2D eigenvalue weighted by Crippen LogP contribution is 2.36. The lowest BCUT2D eigenvalue weighted by Gasteiger charge is -2.36. The van der Waals surface area contributed by atoms with E-state index in [1.54, 1.807) is 6.07 Å². The molecule has 0 unspecified atom stereocenters. The van der Waals surface area contributed by atoms with Crippen LogP contribution in [-0.4, -0.2) is 56.2 Å². The van der Waals surface area contributed by atoms with Crippen LogP contribution in [0.15, 0.2) is 42.9 Å². The van der Waals surface area contributed by atoms with Crippen molar-refractivity contribution in [3.63, 3.8) is 0 Å². The summed E-state index contributed by atoms with van der Waals surface area (Å²) in [6.45, 7) is 1.10. The topological polar surface area (TPSA) is 125 Å². The van der Waals surface area contributed by atoms with Gasteiger partial charge in [0.15, 0.2) is 0 Å². The van der Waals surface area contributed by atoms with E-state index in [2.05, 4.69) is 15.5 Å². The first-order valence-corrected chi connectivity index (χ1v) is 12.6. The van der Waals surface area contributed by atoms with E-state index in [0.29, 0.717) is 30.3 Å². The summed E-state index contributed by atoms with van der Waals surface area (Å²) in [7, 11) is 0. The average molecular weight is 581 g/mol. The Balaban J connectivity index is 1.16. The number of aromatic nitrogens is 4. The minimum Gasteiger partial charge on any atom is -0.486 e. The minimum atomic E-state index is -4.58. The van der Waals surface area contributed by atoms with Gasteiger partial charge < -0.3 is 20.5 Å². The second kappa shape index (κ2) is 10.9. The third-order valence-corrected chi connectivity index (χ3v) is 6.82. The third-order valence-electron chi connectivity index (χ3n) is 6.82. The van der Waals surface area contributed by atoms with Crippen molar-refractivity contribution >= 4 is 22.8 Å². The Kier molecular flexibility index (Phi) is 7.44. The van der Waals surface area contributed by atoms with Crippen molar-refractivity contribution in [3.8, 4) is 11.6 Å². The zero-order valence-corrected chi connectivity index (χ0v) is 21.6. The van der Waals surface area contributed by atoms with E-state index < -0.39 is 30.7 Å². The molecule has 1 saturated carbocycles. The number of hydrogen-bond acceptors (Lipinski definition) is 6. The highest BCUT2D eigenvalue weighted by molar-refractivity contribution is 6.02. The van der Waals surface area contributed by atoms with Crippen molar-refractivity contribution < 1.29 is 41.0 Å². The van der Waals surface area contributed by atoms with E-state index in [1.807, 2.05) is 6.92 Å². The van der Waals surface area contributed by atoms with Gasteiger partial charge in [0, 0.05) is 12.2 Å². The summed E-state index contributed by atoms with van der Waals surface area (Å²) in [5.74, 6) is -0.973. The number of carbonyl (C=O) groups excluding carboxylic acids is 2. The summed E-state index contributed by atoms with van der Waals surface area (Å²) in [4.78, 5) is 24.9. The number of halogens is 5. The highest BCUT2D eigenvalue weighted by Gasteiger charge is 2.35. The van der Waals surface area contributed by atoms with Gasteiger partial charge in [0.25, 0.3) is 18.2 Å². The molecule has 5 rings (SSSR count). The van der Waals surface area contributed by atoms with Crippen molar-refractivity contribution in [2.75, 3.05) is 6.61 Å². The number of pyridine rings is 2. The SMILES string of the molecule is C[C@@H](CC1CC(Oc2nn3cc(C(F)(F)F)ccc3c2C(N)=O)C1)NC(=O)c1cnn2cc(OCC(F)F)ccc12. The maximum atomic E-state index is 13.1. The Morgan fingerprint density at radius 1 is 1.12 bits per heavy atom. The summed E-state index contributed by atoms with van der Waals surface area (Å²) in [5, 5.41) is 11.0. The Labute approximate surface area is 229 Å². The number of ether oxygens (including phenoxy) is 2. The van der Waals surface area contributed by atoms with E-state index in [1.165, 1.54) is 23.0 Å². The zero-order valence-electron chi connectivity index (χ0n) is 21.6. The van der Waals surface area contributed by atoms with E-state index in [-0.39, 0.29) is 46.7 Å². The molecule has 4 aromatic heterocycles. The van der Waals surface area contributed by atoms with Gasteiger partial charge in [-0.3, -0.25) is 9.59 Å². The normalized spacial score (nSPS) is 17.9. The van der Waals surface area contributed by atoms with E-state index in [0.717, 1.165) is 22.8 Å². The van der Waals surface area contributed by atoms with Crippen LogP contribution in [0.25, 0.3) is 11.0 Å². The molecule has 0 aliphatic heterocycles. The summed E-state index contributed by atoms with van der Waals surface area (Å²) in [6, 6.07) is 4.80. The predicted molar refractivity (Wildman–Crippen MR) is 134 cm³/mol. The van der Waals surface area contributed by atoms with Gasteiger partial charge in [0.2, 0.25) is 5.88 Å². The van der Waals surface area contributed by atoms with Crippen LogP contribution in [0.4, 0.5) is 22.0 Å². The monoisotopic (exact) mass is 580 g/mol. The molecule has 41 heavy (non-hydrogen) atoms. The van der Waals surface area contributed by atoms with Gasteiger partial charge in [-0.1, -0.05) is 0 Å². The molecule has 3 N–H and O–H groups in total. The lowest BCUT2D eigenvalue weighted by atomic mass is 9.78. The molecule has 1 fully saturated rings. The number of carbonyl (C=O) groups is 2. The number of primary amides is 1. The molecule has 0 spiro atoms. The van der Waals surface area contributed by atoms with Crippen LogP contribution in [0.3, 0.4) is 0 Å². The number of fused-ring (bicyclic) bond motifs is 2. The van der Waals surface area contributed by atoms with Crippen LogP contribution in [0.5, 0.6) is 11.6 Å². The smallest absolute Gasteiger partial charge is 0.417 e. The van der Waals surface area contributed by atoms with Crippen molar-refractivity contribution in [2.24, 2.45) is 11.7 Å². The molecule has 218 valence electrons. The summed E-state index contributed by atoms with van der Waals surface area (Å²) in [5.41, 5.74) is 5.34. The van der Waals surface area contributed by atoms with Crippen LogP contribution in [0, 0.1) is 5.92 Å². The first-order valence-electron chi connectivity index (χ1n) is 12.6.